The minimum atomic E-state index is -3.16. The highest BCUT2D eigenvalue weighted by Gasteiger charge is 2.23. The fourth-order valence-corrected chi connectivity index (χ4v) is 3.15. The van der Waals surface area contributed by atoms with Crippen LogP contribution in [-0.4, -0.2) is 51.9 Å². The minimum absolute atomic E-state index is 0.0465. The molecule has 0 aliphatic carbocycles. The van der Waals surface area contributed by atoms with Gasteiger partial charge in [0.25, 0.3) is 0 Å². The van der Waals surface area contributed by atoms with Gasteiger partial charge in [0.1, 0.15) is 12.0 Å². The molecule has 0 spiro atoms. The van der Waals surface area contributed by atoms with Crippen LogP contribution in [0.1, 0.15) is 0 Å². The Balaban J connectivity index is 1.39. The molecule has 8 nitrogen and oxygen atoms in total. The number of hydrogen-bond acceptors (Lipinski definition) is 8. The quantitative estimate of drug-likeness (QED) is 0.383. The number of ether oxygens (including phenoxy) is 2. The van der Waals surface area contributed by atoms with Crippen molar-refractivity contribution < 1.29 is 27.4 Å². The number of pyridine rings is 1. The fourth-order valence-electron chi connectivity index (χ4n) is 3.15. The maximum Gasteiger partial charge on any atom is 0.387 e. The number of benzene rings is 1. The van der Waals surface area contributed by atoms with Crippen LogP contribution in [0.2, 0.25) is 0 Å². The van der Waals surface area contributed by atoms with Crippen molar-refractivity contribution in [2.45, 2.75) is 12.7 Å². The largest absolute Gasteiger partial charge is 0.432 e. The third kappa shape index (κ3) is 5.76. The van der Waals surface area contributed by atoms with Crippen molar-refractivity contribution in [3.63, 3.8) is 0 Å². The molecule has 11 heteroatoms. The van der Waals surface area contributed by atoms with Crippen LogP contribution in [0.15, 0.2) is 61.3 Å². The summed E-state index contributed by atoms with van der Waals surface area (Å²) in [5.41, 5.74) is 2.29. The normalized spacial score (nSPS) is 13.8. The Morgan fingerprint density at radius 3 is 2.61 bits per heavy atom. The lowest BCUT2D eigenvalue weighted by molar-refractivity contribution is -0.104. The average Bonchev–Trinajstić information content (AvgIpc) is 2.78. The number of aromatic nitrogens is 3. The standard InChI is InChI=1S/C22H18F3N5O3/c23-19-3-2-18(7-20(19)33-21(24)25)32-22-27-9-15(10-28-22)14-6-16(11-26-8-14)29-17-12-30(13-17)4-1-5-31/h1-11,17,21,29H,12-13H2. The topological polar surface area (TPSA) is 89.5 Å². The smallest absolute Gasteiger partial charge is 0.387 e. The number of likely N-dealkylation sites (tertiary alicyclic amines) is 1. The summed E-state index contributed by atoms with van der Waals surface area (Å²) >= 11 is 0. The predicted molar refractivity (Wildman–Crippen MR) is 113 cm³/mol. The van der Waals surface area contributed by atoms with Gasteiger partial charge in [0.2, 0.25) is 0 Å². The van der Waals surface area contributed by atoms with Crippen molar-refractivity contribution in [3.05, 3.63) is 67.1 Å². The summed E-state index contributed by atoms with van der Waals surface area (Å²) in [4.78, 5) is 24.8. The molecule has 4 rings (SSSR count). The van der Waals surface area contributed by atoms with Gasteiger partial charge in [-0.15, -0.1) is 0 Å². The number of aldehydes is 1. The maximum absolute atomic E-state index is 13.5. The lowest BCUT2D eigenvalue weighted by atomic mass is 10.1. The summed E-state index contributed by atoms with van der Waals surface area (Å²) in [5.74, 6) is -1.53. The zero-order valence-electron chi connectivity index (χ0n) is 17.1. The van der Waals surface area contributed by atoms with E-state index in [2.05, 4.69) is 25.0 Å². The molecule has 3 aromatic rings. The molecular weight excluding hydrogens is 439 g/mol. The number of nitrogens with one attached hydrogen (secondary N) is 1. The van der Waals surface area contributed by atoms with E-state index in [0.29, 0.717) is 5.56 Å². The van der Waals surface area contributed by atoms with Crippen molar-refractivity contribution in [1.29, 1.82) is 0 Å². The molecule has 2 aromatic heterocycles. The number of alkyl halides is 2. The summed E-state index contributed by atoms with van der Waals surface area (Å²) in [6.07, 6.45) is 10.4. The lowest BCUT2D eigenvalue weighted by Gasteiger charge is -2.39. The number of hydrogen-bond donors (Lipinski definition) is 1. The van der Waals surface area contributed by atoms with Gasteiger partial charge in [0, 0.05) is 61.3 Å². The van der Waals surface area contributed by atoms with E-state index in [0.717, 1.165) is 42.8 Å². The van der Waals surface area contributed by atoms with Crippen LogP contribution in [0.25, 0.3) is 11.1 Å². The van der Waals surface area contributed by atoms with Gasteiger partial charge in [-0.3, -0.25) is 9.78 Å². The van der Waals surface area contributed by atoms with Crippen molar-refractivity contribution >= 4 is 12.0 Å². The molecule has 1 aliphatic heterocycles. The summed E-state index contributed by atoms with van der Waals surface area (Å²) in [6, 6.07) is 5.29. The Kier molecular flexibility index (Phi) is 6.67. The fraction of sp³-hybridized carbons (Fsp3) is 0.182. The number of anilines is 1. The Morgan fingerprint density at radius 1 is 1.09 bits per heavy atom. The molecule has 0 amide bonds. The molecule has 0 bridgehead atoms. The highest BCUT2D eigenvalue weighted by atomic mass is 19.3. The monoisotopic (exact) mass is 457 g/mol. The molecule has 3 heterocycles. The second-order valence-corrected chi connectivity index (χ2v) is 7.06. The van der Waals surface area contributed by atoms with E-state index >= 15 is 0 Å². The molecule has 1 saturated heterocycles. The molecule has 1 fully saturated rings. The van der Waals surface area contributed by atoms with Gasteiger partial charge in [0.05, 0.1) is 11.7 Å². The van der Waals surface area contributed by atoms with Crippen molar-refractivity contribution in [3.8, 4) is 28.6 Å². The third-order valence-electron chi connectivity index (χ3n) is 4.68. The van der Waals surface area contributed by atoms with Crippen molar-refractivity contribution in [1.82, 2.24) is 19.9 Å². The molecule has 0 atom stereocenters. The van der Waals surface area contributed by atoms with E-state index in [1.807, 2.05) is 11.0 Å². The third-order valence-corrected chi connectivity index (χ3v) is 4.68. The van der Waals surface area contributed by atoms with E-state index in [-0.39, 0.29) is 17.8 Å². The van der Waals surface area contributed by atoms with Gasteiger partial charge in [0.15, 0.2) is 11.6 Å². The molecule has 0 saturated carbocycles. The summed E-state index contributed by atoms with van der Waals surface area (Å²) in [5, 5.41) is 3.37. The first-order valence-corrected chi connectivity index (χ1v) is 9.82. The Hall–Kier alpha value is -4.15. The van der Waals surface area contributed by atoms with Gasteiger partial charge in [-0.1, -0.05) is 0 Å². The SMILES string of the molecule is O=CC=CN1CC(Nc2cncc(-c3cnc(Oc4ccc(F)c(OC(F)F)c4)nc3)c2)C1. The van der Waals surface area contributed by atoms with E-state index in [1.54, 1.807) is 18.6 Å². The van der Waals surface area contributed by atoms with E-state index < -0.39 is 18.2 Å². The minimum Gasteiger partial charge on any atom is -0.432 e. The number of rotatable bonds is 9. The van der Waals surface area contributed by atoms with E-state index in [9.17, 15) is 18.0 Å². The zero-order chi connectivity index (χ0) is 23.2. The van der Waals surface area contributed by atoms with E-state index in [1.165, 1.54) is 24.5 Å². The highest BCUT2D eigenvalue weighted by Crippen LogP contribution is 2.28. The molecule has 1 aromatic carbocycles. The molecule has 1 N–H and O–H groups in total. The first-order valence-electron chi connectivity index (χ1n) is 9.82. The van der Waals surface area contributed by atoms with Crippen LogP contribution in [0.4, 0.5) is 18.9 Å². The van der Waals surface area contributed by atoms with Crippen LogP contribution in [0.5, 0.6) is 17.5 Å². The lowest BCUT2D eigenvalue weighted by Crippen LogP contribution is -2.51. The second kappa shape index (κ2) is 9.98. The molecule has 0 radical (unpaired) electrons. The van der Waals surface area contributed by atoms with Gasteiger partial charge in [-0.05, 0) is 24.3 Å². The Labute approximate surface area is 186 Å². The first-order chi connectivity index (χ1) is 16.0. The van der Waals surface area contributed by atoms with Crippen molar-refractivity contribution in [2.75, 3.05) is 18.4 Å². The summed E-state index contributed by atoms with van der Waals surface area (Å²) < 4.78 is 47.8. The van der Waals surface area contributed by atoms with Crippen LogP contribution in [0, 0.1) is 5.82 Å². The van der Waals surface area contributed by atoms with Gasteiger partial charge in [-0.25, -0.2) is 14.4 Å². The first kappa shape index (κ1) is 22.1. The highest BCUT2D eigenvalue weighted by molar-refractivity contribution is 5.66. The molecular formula is C22H18F3N5O3. The molecule has 33 heavy (non-hydrogen) atoms. The Bertz CT molecular complexity index is 1140. The van der Waals surface area contributed by atoms with Crippen LogP contribution in [-0.2, 0) is 4.79 Å². The molecule has 1 aliphatic rings. The number of carbonyl (C=O) groups excluding carboxylic acids is 1. The zero-order valence-corrected chi connectivity index (χ0v) is 17.1. The van der Waals surface area contributed by atoms with Crippen molar-refractivity contribution in [2.24, 2.45) is 0 Å². The van der Waals surface area contributed by atoms with Crippen LogP contribution >= 0.6 is 0 Å². The Morgan fingerprint density at radius 2 is 1.88 bits per heavy atom. The van der Waals surface area contributed by atoms with Gasteiger partial charge >= 0.3 is 12.6 Å². The van der Waals surface area contributed by atoms with Crippen LogP contribution < -0.4 is 14.8 Å². The number of nitrogens with zero attached hydrogens (tertiary/aromatic N) is 4. The predicted octanol–water partition coefficient (Wildman–Crippen LogP) is 3.88. The number of allylic oxidation sites excluding steroid dienone is 1. The molecule has 170 valence electrons. The summed E-state index contributed by atoms with van der Waals surface area (Å²) in [6.45, 7) is -1.61. The molecule has 0 unspecified atom stereocenters. The van der Waals surface area contributed by atoms with Gasteiger partial charge in [-0.2, -0.15) is 8.78 Å². The maximum atomic E-state index is 13.5. The number of carbonyl (C=O) groups is 1. The van der Waals surface area contributed by atoms with Gasteiger partial charge < -0.3 is 19.7 Å². The summed E-state index contributed by atoms with van der Waals surface area (Å²) in [7, 11) is 0. The average molecular weight is 457 g/mol. The second-order valence-electron chi connectivity index (χ2n) is 7.06. The van der Waals surface area contributed by atoms with E-state index in [4.69, 9.17) is 4.74 Å². The number of halogens is 3. The van der Waals surface area contributed by atoms with Crippen LogP contribution in [0.3, 0.4) is 0 Å².